The second kappa shape index (κ2) is 6.30. The van der Waals surface area contributed by atoms with Crippen LogP contribution >= 0.6 is 11.6 Å². The van der Waals surface area contributed by atoms with Gasteiger partial charge in [0.05, 0.1) is 6.04 Å². The molecule has 1 N–H and O–H groups in total. The largest absolute Gasteiger partial charge is 0.307 e. The van der Waals surface area contributed by atoms with Gasteiger partial charge >= 0.3 is 0 Å². The van der Waals surface area contributed by atoms with Gasteiger partial charge in [-0.25, -0.2) is 0 Å². The van der Waals surface area contributed by atoms with E-state index < -0.39 is 0 Å². The molecule has 2 heteroatoms. The highest BCUT2D eigenvalue weighted by Gasteiger charge is 2.13. The minimum atomic E-state index is 0.192. The second-order valence-electron chi connectivity index (χ2n) is 5.15. The molecule has 3 aromatic rings. The lowest BCUT2D eigenvalue weighted by Crippen LogP contribution is -2.21. The van der Waals surface area contributed by atoms with Crippen molar-refractivity contribution in [3.05, 3.63) is 82.9 Å². The molecule has 0 fully saturated rings. The van der Waals surface area contributed by atoms with Gasteiger partial charge in [-0.2, -0.15) is 0 Å². The summed E-state index contributed by atoms with van der Waals surface area (Å²) in [6, 6.07) is 23.4. The van der Waals surface area contributed by atoms with Crippen molar-refractivity contribution in [2.45, 2.75) is 13.0 Å². The molecular formula is C19H18ClN. The number of halogens is 1. The van der Waals surface area contributed by atoms with Crippen molar-refractivity contribution in [1.29, 1.82) is 0 Å². The average Bonchev–Trinajstić information content (AvgIpc) is 2.53. The third kappa shape index (κ3) is 3.10. The highest BCUT2D eigenvalue weighted by molar-refractivity contribution is 6.30. The summed E-state index contributed by atoms with van der Waals surface area (Å²) in [5.41, 5.74) is 2.51. The van der Waals surface area contributed by atoms with Gasteiger partial charge in [0, 0.05) is 5.02 Å². The van der Waals surface area contributed by atoms with Gasteiger partial charge in [0.2, 0.25) is 0 Å². The normalized spacial score (nSPS) is 12.5. The van der Waals surface area contributed by atoms with E-state index in [2.05, 4.69) is 66.8 Å². The maximum atomic E-state index is 6.00. The van der Waals surface area contributed by atoms with Gasteiger partial charge in [0.25, 0.3) is 0 Å². The lowest BCUT2D eigenvalue weighted by atomic mass is 9.96. The maximum Gasteiger partial charge on any atom is 0.0576 e. The summed E-state index contributed by atoms with van der Waals surface area (Å²) in [6.07, 6.45) is 0. The van der Waals surface area contributed by atoms with Crippen molar-refractivity contribution < 1.29 is 0 Å². The van der Waals surface area contributed by atoms with Gasteiger partial charge in [0.1, 0.15) is 0 Å². The lowest BCUT2D eigenvalue weighted by Gasteiger charge is -2.19. The molecule has 1 atom stereocenters. The molecule has 0 aliphatic carbocycles. The molecule has 3 rings (SSSR count). The highest BCUT2D eigenvalue weighted by atomic mass is 35.5. The molecule has 0 aliphatic heterocycles. The summed E-state index contributed by atoms with van der Waals surface area (Å²) in [4.78, 5) is 0. The van der Waals surface area contributed by atoms with Gasteiger partial charge in [0.15, 0.2) is 0 Å². The zero-order valence-electron chi connectivity index (χ0n) is 12.0. The van der Waals surface area contributed by atoms with Gasteiger partial charge in [-0.1, -0.05) is 67.1 Å². The number of nitrogens with one attached hydrogen (secondary N) is 1. The van der Waals surface area contributed by atoms with Crippen LogP contribution < -0.4 is 5.32 Å². The first kappa shape index (κ1) is 14.1. The fourth-order valence-electron chi connectivity index (χ4n) is 2.67. The fourth-order valence-corrected chi connectivity index (χ4v) is 2.80. The van der Waals surface area contributed by atoms with Crippen LogP contribution in [0.25, 0.3) is 10.8 Å². The van der Waals surface area contributed by atoms with E-state index in [0.717, 1.165) is 11.6 Å². The van der Waals surface area contributed by atoms with Crippen molar-refractivity contribution >= 4 is 22.4 Å². The third-order valence-corrected chi connectivity index (χ3v) is 3.97. The Morgan fingerprint density at radius 3 is 2.24 bits per heavy atom. The number of hydrogen-bond donors (Lipinski definition) is 1. The molecule has 0 saturated heterocycles. The molecule has 0 amide bonds. The SMILES string of the molecule is CCNC(c1ccc(Cl)cc1)c1ccc2ccccc2c1. The van der Waals surface area contributed by atoms with Crippen molar-refractivity contribution in [2.24, 2.45) is 0 Å². The predicted octanol–water partition coefficient (Wildman–Crippen LogP) is 5.19. The molecule has 0 saturated carbocycles. The Balaban J connectivity index is 2.04. The van der Waals surface area contributed by atoms with Crippen LogP contribution in [0.2, 0.25) is 5.02 Å². The fraction of sp³-hybridized carbons (Fsp3) is 0.158. The van der Waals surface area contributed by atoms with Gasteiger partial charge in [-0.15, -0.1) is 0 Å². The Morgan fingerprint density at radius 1 is 0.857 bits per heavy atom. The molecule has 0 aromatic heterocycles. The topological polar surface area (TPSA) is 12.0 Å². The zero-order valence-corrected chi connectivity index (χ0v) is 12.8. The first-order valence-electron chi connectivity index (χ1n) is 7.25. The van der Waals surface area contributed by atoms with E-state index in [1.165, 1.54) is 21.9 Å². The zero-order chi connectivity index (χ0) is 14.7. The summed E-state index contributed by atoms with van der Waals surface area (Å²) >= 11 is 6.00. The smallest absolute Gasteiger partial charge is 0.0576 e. The Hall–Kier alpha value is -1.83. The molecule has 0 spiro atoms. The van der Waals surface area contributed by atoms with E-state index in [-0.39, 0.29) is 6.04 Å². The number of rotatable bonds is 4. The first-order valence-corrected chi connectivity index (χ1v) is 7.63. The number of fused-ring (bicyclic) bond motifs is 1. The number of hydrogen-bond acceptors (Lipinski definition) is 1. The monoisotopic (exact) mass is 295 g/mol. The van der Waals surface area contributed by atoms with Crippen LogP contribution in [-0.2, 0) is 0 Å². The molecule has 1 unspecified atom stereocenters. The maximum absolute atomic E-state index is 6.00. The number of benzene rings is 3. The summed E-state index contributed by atoms with van der Waals surface area (Å²) in [6.45, 7) is 3.05. The van der Waals surface area contributed by atoms with Crippen molar-refractivity contribution in [3.8, 4) is 0 Å². The van der Waals surface area contributed by atoms with Crippen LogP contribution in [0, 0.1) is 0 Å². The molecular weight excluding hydrogens is 278 g/mol. The molecule has 0 bridgehead atoms. The van der Waals surface area contributed by atoms with Gasteiger partial charge in [-0.3, -0.25) is 0 Å². The summed E-state index contributed by atoms with van der Waals surface area (Å²) in [5, 5.41) is 6.87. The van der Waals surface area contributed by atoms with E-state index in [4.69, 9.17) is 11.6 Å². The average molecular weight is 296 g/mol. The van der Waals surface area contributed by atoms with E-state index in [1.54, 1.807) is 0 Å². The van der Waals surface area contributed by atoms with Crippen molar-refractivity contribution in [1.82, 2.24) is 5.32 Å². The Kier molecular flexibility index (Phi) is 4.23. The lowest BCUT2D eigenvalue weighted by molar-refractivity contribution is 0.631. The molecule has 0 aliphatic rings. The van der Waals surface area contributed by atoms with Crippen LogP contribution in [0.5, 0.6) is 0 Å². The van der Waals surface area contributed by atoms with E-state index in [9.17, 15) is 0 Å². The quantitative estimate of drug-likeness (QED) is 0.698. The van der Waals surface area contributed by atoms with Crippen LogP contribution in [0.15, 0.2) is 66.7 Å². The van der Waals surface area contributed by atoms with E-state index >= 15 is 0 Å². The van der Waals surface area contributed by atoms with Crippen molar-refractivity contribution in [3.63, 3.8) is 0 Å². The Morgan fingerprint density at radius 2 is 1.52 bits per heavy atom. The Bertz CT molecular complexity index is 734. The van der Waals surface area contributed by atoms with Crippen LogP contribution in [0.3, 0.4) is 0 Å². The molecule has 3 aromatic carbocycles. The summed E-state index contributed by atoms with van der Waals surface area (Å²) in [5.74, 6) is 0. The minimum Gasteiger partial charge on any atom is -0.307 e. The Labute approximate surface area is 130 Å². The third-order valence-electron chi connectivity index (χ3n) is 3.72. The highest BCUT2D eigenvalue weighted by Crippen LogP contribution is 2.26. The summed E-state index contributed by atoms with van der Waals surface area (Å²) in [7, 11) is 0. The van der Waals surface area contributed by atoms with Crippen LogP contribution in [0.4, 0.5) is 0 Å². The molecule has 106 valence electrons. The molecule has 1 nitrogen and oxygen atoms in total. The first-order chi connectivity index (χ1) is 10.3. The summed E-state index contributed by atoms with van der Waals surface area (Å²) < 4.78 is 0. The second-order valence-corrected chi connectivity index (χ2v) is 5.59. The van der Waals surface area contributed by atoms with Gasteiger partial charge < -0.3 is 5.32 Å². The van der Waals surface area contributed by atoms with Gasteiger partial charge in [-0.05, 0) is 46.6 Å². The molecule has 0 radical (unpaired) electrons. The standard InChI is InChI=1S/C19H18ClN/c1-2-21-19(15-9-11-18(20)12-10-15)17-8-7-14-5-3-4-6-16(14)13-17/h3-13,19,21H,2H2,1H3. The van der Waals surface area contributed by atoms with Crippen molar-refractivity contribution in [2.75, 3.05) is 6.54 Å². The van der Waals surface area contributed by atoms with Crippen LogP contribution in [-0.4, -0.2) is 6.54 Å². The molecule has 0 heterocycles. The molecule has 21 heavy (non-hydrogen) atoms. The van der Waals surface area contributed by atoms with Crippen LogP contribution in [0.1, 0.15) is 24.1 Å². The predicted molar refractivity (Wildman–Crippen MR) is 90.9 cm³/mol. The van der Waals surface area contributed by atoms with E-state index in [1.807, 2.05) is 12.1 Å². The van der Waals surface area contributed by atoms with E-state index in [0.29, 0.717) is 0 Å². The minimum absolute atomic E-state index is 0.192.